The molecule has 6 heteroatoms. The zero-order valence-corrected chi connectivity index (χ0v) is 13.8. The van der Waals surface area contributed by atoms with E-state index in [0.29, 0.717) is 27.8 Å². The highest BCUT2D eigenvalue weighted by molar-refractivity contribution is 9.10. The van der Waals surface area contributed by atoms with Crippen LogP contribution in [0.2, 0.25) is 5.02 Å². The topological polar surface area (TPSA) is 47.6 Å². The first-order chi connectivity index (χ1) is 10.0. The van der Waals surface area contributed by atoms with E-state index in [4.69, 9.17) is 21.1 Å². The van der Waals surface area contributed by atoms with Gasteiger partial charge in [-0.1, -0.05) is 27.5 Å². The van der Waals surface area contributed by atoms with Crippen molar-refractivity contribution in [1.29, 1.82) is 0 Å². The van der Waals surface area contributed by atoms with Crippen molar-refractivity contribution >= 4 is 39.1 Å². The molecule has 0 heterocycles. The second-order valence-electron chi connectivity index (χ2n) is 4.14. The quantitative estimate of drug-likeness (QED) is 0.869. The molecule has 0 fully saturated rings. The molecular weight excluding hydrogens is 358 g/mol. The van der Waals surface area contributed by atoms with Gasteiger partial charge < -0.3 is 14.8 Å². The molecule has 2 aromatic rings. The molecular formula is C15H13BrClNO3. The van der Waals surface area contributed by atoms with Gasteiger partial charge in [-0.25, -0.2) is 0 Å². The molecule has 0 spiro atoms. The van der Waals surface area contributed by atoms with Gasteiger partial charge in [-0.15, -0.1) is 0 Å². The third kappa shape index (κ3) is 3.68. The third-order valence-electron chi connectivity index (χ3n) is 2.83. The molecule has 1 amide bonds. The van der Waals surface area contributed by atoms with Crippen molar-refractivity contribution in [2.45, 2.75) is 0 Å². The second-order valence-corrected chi connectivity index (χ2v) is 5.47. The Kier molecular flexibility index (Phi) is 5.09. The second kappa shape index (κ2) is 6.83. The van der Waals surface area contributed by atoms with Gasteiger partial charge in [-0.2, -0.15) is 0 Å². The summed E-state index contributed by atoms with van der Waals surface area (Å²) < 4.78 is 11.2. The number of rotatable bonds is 4. The monoisotopic (exact) mass is 369 g/mol. The van der Waals surface area contributed by atoms with E-state index in [1.54, 1.807) is 43.5 Å². The van der Waals surface area contributed by atoms with Gasteiger partial charge in [-0.05, 0) is 30.3 Å². The average molecular weight is 371 g/mol. The van der Waals surface area contributed by atoms with E-state index in [1.807, 2.05) is 0 Å². The number of hydrogen-bond donors (Lipinski definition) is 1. The Morgan fingerprint density at radius 2 is 1.90 bits per heavy atom. The molecule has 21 heavy (non-hydrogen) atoms. The molecule has 4 nitrogen and oxygen atoms in total. The Balaban J connectivity index is 2.28. The van der Waals surface area contributed by atoms with Crippen molar-refractivity contribution in [3.05, 3.63) is 51.5 Å². The third-order valence-corrected chi connectivity index (χ3v) is 3.64. The summed E-state index contributed by atoms with van der Waals surface area (Å²) in [6.07, 6.45) is 0. The Morgan fingerprint density at radius 3 is 2.52 bits per heavy atom. The molecule has 0 saturated carbocycles. The number of carbonyl (C=O) groups excluding carboxylic acids is 1. The highest BCUT2D eigenvalue weighted by atomic mass is 79.9. The SMILES string of the molecule is COc1ccc(C(=O)Nc2ccc(Br)cc2Cl)c(OC)c1. The lowest BCUT2D eigenvalue weighted by Gasteiger charge is -2.11. The highest BCUT2D eigenvalue weighted by Crippen LogP contribution is 2.28. The summed E-state index contributed by atoms with van der Waals surface area (Å²) in [4.78, 5) is 12.3. The van der Waals surface area contributed by atoms with Crippen molar-refractivity contribution in [2.24, 2.45) is 0 Å². The minimum atomic E-state index is -0.307. The van der Waals surface area contributed by atoms with Gasteiger partial charge in [0.1, 0.15) is 11.5 Å². The van der Waals surface area contributed by atoms with Gasteiger partial charge in [0.25, 0.3) is 5.91 Å². The minimum absolute atomic E-state index is 0.307. The average Bonchev–Trinajstić information content (AvgIpc) is 2.49. The fraction of sp³-hybridized carbons (Fsp3) is 0.133. The molecule has 0 saturated heterocycles. The van der Waals surface area contributed by atoms with Crippen LogP contribution in [0.1, 0.15) is 10.4 Å². The summed E-state index contributed by atoms with van der Waals surface area (Å²) in [5.41, 5.74) is 0.931. The van der Waals surface area contributed by atoms with Crippen LogP contribution in [0.5, 0.6) is 11.5 Å². The molecule has 0 aliphatic carbocycles. The fourth-order valence-electron chi connectivity index (χ4n) is 1.77. The summed E-state index contributed by atoms with van der Waals surface area (Å²) >= 11 is 9.40. The Labute approximate surface area is 136 Å². The number of methoxy groups -OCH3 is 2. The maximum absolute atomic E-state index is 12.3. The largest absolute Gasteiger partial charge is 0.497 e. The van der Waals surface area contributed by atoms with E-state index in [0.717, 1.165) is 4.47 Å². The summed E-state index contributed by atoms with van der Waals surface area (Å²) in [6, 6.07) is 10.2. The van der Waals surface area contributed by atoms with E-state index in [1.165, 1.54) is 7.11 Å². The van der Waals surface area contributed by atoms with E-state index < -0.39 is 0 Å². The van der Waals surface area contributed by atoms with Crippen LogP contribution in [0.3, 0.4) is 0 Å². The van der Waals surface area contributed by atoms with Crippen LogP contribution in [0.25, 0.3) is 0 Å². The van der Waals surface area contributed by atoms with Crippen molar-refractivity contribution in [3.63, 3.8) is 0 Å². The highest BCUT2D eigenvalue weighted by Gasteiger charge is 2.14. The first-order valence-electron chi connectivity index (χ1n) is 6.03. The fourth-order valence-corrected chi connectivity index (χ4v) is 2.49. The normalized spacial score (nSPS) is 10.1. The number of amides is 1. The predicted molar refractivity (Wildman–Crippen MR) is 86.7 cm³/mol. The number of nitrogens with one attached hydrogen (secondary N) is 1. The number of carbonyl (C=O) groups is 1. The van der Waals surface area contributed by atoms with Crippen LogP contribution >= 0.6 is 27.5 Å². The van der Waals surface area contributed by atoms with Crippen LogP contribution in [-0.2, 0) is 0 Å². The van der Waals surface area contributed by atoms with Gasteiger partial charge in [0, 0.05) is 10.5 Å². The molecule has 0 aliphatic heterocycles. The number of benzene rings is 2. The zero-order chi connectivity index (χ0) is 15.4. The molecule has 110 valence electrons. The number of hydrogen-bond acceptors (Lipinski definition) is 3. The van der Waals surface area contributed by atoms with E-state index >= 15 is 0 Å². The van der Waals surface area contributed by atoms with Crippen LogP contribution in [0.4, 0.5) is 5.69 Å². The first-order valence-corrected chi connectivity index (χ1v) is 7.20. The van der Waals surface area contributed by atoms with E-state index in [-0.39, 0.29) is 5.91 Å². The van der Waals surface area contributed by atoms with Crippen molar-refractivity contribution in [3.8, 4) is 11.5 Å². The lowest BCUT2D eigenvalue weighted by molar-refractivity contribution is 0.102. The van der Waals surface area contributed by atoms with Gasteiger partial charge in [0.15, 0.2) is 0 Å². The standard InChI is InChI=1S/C15H13BrClNO3/c1-20-10-4-5-11(14(8-10)21-2)15(19)18-13-6-3-9(16)7-12(13)17/h3-8H,1-2H3,(H,18,19). The van der Waals surface area contributed by atoms with Crippen molar-refractivity contribution < 1.29 is 14.3 Å². The van der Waals surface area contributed by atoms with Crippen molar-refractivity contribution in [1.82, 2.24) is 0 Å². The number of anilines is 1. The first kappa shape index (κ1) is 15.7. The molecule has 0 radical (unpaired) electrons. The Hall–Kier alpha value is -1.72. The lowest BCUT2D eigenvalue weighted by atomic mass is 10.1. The summed E-state index contributed by atoms with van der Waals surface area (Å²) in [7, 11) is 3.05. The minimum Gasteiger partial charge on any atom is -0.497 e. The molecule has 1 N–H and O–H groups in total. The zero-order valence-electron chi connectivity index (χ0n) is 11.4. The van der Waals surface area contributed by atoms with Crippen LogP contribution < -0.4 is 14.8 Å². The molecule has 0 aliphatic rings. The number of ether oxygens (including phenoxy) is 2. The van der Waals surface area contributed by atoms with Crippen LogP contribution in [-0.4, -0.2) is 20.1 Å². The molecule has 0 aromatic heterocycles. The van der Waals surface area contributed by atoms with E-state index in [9.17, 15) is 4.79 Å². The molecule has 0 atom stereocenters. The van der Waals surface area contributed by atoms with Gasteiger partial charge in [-0.3, -0.25) is 4.79 Å². The van der Waals surface area contributed by atoms with Crippen LogP contribution in [0.15, 0.2) is 40.9 Å². The molecule has 0 unspecified atom stereocenters. The smallest absolute Gasteiger partial charge is 0.259 e. The molecule has 2 rings (SSSR count). The Morgan fingerprint density at radius 1 is 1.14 bits per heavy atom. The summed E-state index contributed by atoms with van der Waals surface area (Å²) in [6.45, 7) is 0. The van der Waals surface area contributed by atoms with Crippen LogP contribution in [0, 0.1) is 0 Å². The maximum Gasteiger partial charge on any atom is 0.259 e. The van der Waals surface area contributed by atoms with Gasteiger partial charge in [0.2, 0.25) is 0 Å². The van der Waals surface area contributed by atoms with Crippen molar-refractivity contribution in [2.75, 3.05) is 19.5 Å². The van der Waals surface area contributed by atoms with E-state index in [2.05, 4.69) is 21.2 Å². The predicted octanol–water partition coefficient (Wildman–Crippen LogP) is 4.37. The maximum atomic E-state index is 12.3. The molecule has 2 aromatic carbocycles. The number of halogens is 2. The van der Waals surface area contributed by atoms with Gasteiger partial charge in [0.05, 0.1) is 30.5 Å². The van der Waals surface area contributed by atoms with Gasteiger partial charge >= 0.3 is 0 Å². The molecule has 0 bridgehead atoms. The Bertz CT molecular complexity index is 676. The summed E-state index contributed by atoms with van der Waals surface area (Å²) in [5, 5.41) is 3.20. The lowest BCUT2D eigenvalue weighted by Crippen LogP contribution is -2.13. The summed E-state index contributed by atoms with van der Waals surface area (Å²) in [5.74, 6) is 0.740.